The Hall–Kier alpha value is -0.203. The largest absolute Gasteiger partial charge is 0.413 e. The Morgan fingerprint density at radius 3 is 2.29 bits per heavy atom. The summed E-state index contributed by atoms with van der Waals surface area (Å²) in [4.78, 5) is 0. The lowest BCUT2D eigenvalue weighted by atomic mass is 9.40. The first-order chi connectivity index (χ1) is 14.0. The molecule has 31 heavy (non-hydrogen) atoms. The van der Waals surface area contributed by atoms with Crippen molar-refractivity contribution in [3.63, 3.8) is 0 Å². The minimum atomic E-state index is -1.84. The maximum Gasteiger partial charge on any atom is 0.192 e. The number of hydrogen-bond acceptors (Lipinski definition) is 4. The second-order valence-electron chi connectivity index (χ2n) is 13.3. The van der Waals surface area contributed by atoms with Crippen molar-refractivity contribution in [2.75, 3.05) is 6.61 Å². The van der Waals surface area contributed by atoms with Gasteiger partial charge < -0.3 is 19.7 Å². The Kier molecular flexibility index (Phi) is 6.51. The van der Waals surface area contributed by atoms with E-state index in [0.717, 1.165) is 24.8 Å². The minimum absolute atomic E-state index is 0.160. The van der Waals surface area contributed by atoms with Gasteiger partial charge in [-0.05, 0) is 72.6 Å². The topological polar surface area (TPSA) is 69.9 Å². The Morgan fingerprint density at radius 2 is 1.71 bits per heavy atom. The third-order valence-electron chi connectivity index (χ3n) is 10.3. The lowest BCUT2D eigenvalue weighted by Crippen LogP contribution is -2.72. The first-order valence-corrected chi connectivity index (χ1v) is 15.3. The molecule has 3 fully saturated rings. The summed E-state index contributed by atoms with van der Waals surface area (Å²) in [5, 5.41) is 34.6. The summed E-state index contributed by atoms with van der Waals surface area (Å²) in [6, 6.07) is 0. The summed E-state index contributed by atoms with van der Waals surface area (Å²) in [6.07, 6.45) is 5.08. The van der Waals surface area contributed by atoms with Gasteiger partial charge in [0.25, 0.3) is 0 Å². The summed E-state index contributed by atoms with van der Waals surface area (Å²) in [5.41, 5.74) is -0.747. The SMILES string of the molecule is C[C@H]1/C(=C/CO[Si](C)(C)C(C)(C)C)[C@H](O)C[C@H]2[C@H]1C[C@@H](O)[C@@]1(O)C(C)(C)CCC[C@]21C. The number of rotatable bonds is 3. The molecular weight excluding hydrogens is 404 g/mol. The maximum atomic E-state index is 12.0. The van der Waals surface area contributed by atoms with Gasteiger partial charge in [-0.1, -0.05) is 61.0 Å². The zero-order valence-corrected chi connectivity index (χ0v) is 22.5. The molecule has 3 rings (SSSR count). The highest BCUT2D eigenvalue weighted by atomic mass is 28.4. The van der Waals surface area contributed by atoms with Gasteiger partial charge in [-0.25, -0.2) is 0 Å². The molecule has 0 amide bonds. The highest BCUT2D eigenvalue weighted by molar-refractivity contribution is 6.74. The lowest BCUT2D eigenvalue weighted by molar-refractivity contribution is -0.291. The van der Waals surface area contributed by atoms with E-state index in [1.54, 1.807) is 0 Å². The van der Waals surface area contributed by atoms with Crippen LogP contribution in [0.5, 0.6) is 0 Å². The molecule has 3 N–H and O–H groups in total. The van der Waals surface area contributed by atoms with Crippen molar-refractivity contribution in [2.45, 2.75) is 117 Å². The van der Waals surface area contributed by atoms with Crippen LogP contribution in [0.4, 0.5) is 0 Å². The molecule has 3 aliphatic rings. The molecule has 0 aromatic rings. The Morgan fingerprint density at radius 1 is 1.10 bits per heavy atom. The fourth-order valence-electron chi connectivity index (χ4n) is 7.22. The normalized spacial score (nSPS) is 44.6. The van der Waals surface area contributed by atoms with Crippen molar-refractivity contribution in [2.24, 2.45) is 28.6 Å². The van der Waals surface area contributed by atoms with Gasteiger partial charge in [0.15, 0.2) is 8.32 Å². The van der Waals surface area contributed by atoms with Crippen molar-refractivity contribution in [3.05, 3.63) is 11.6 Å². The smallest absolute Gasteiger partial charge is 0.192 e. The zero-order valence-electron chi connectivity index (χ0n) is 21.5. The average Bonchev–Trinajstić information content (AvgIpc) is 2.62. The third-order valence-corrected chi connectivity index (χ3v) is 14.8. The van der Waals surface area contributed by atoms with Crippen LogP contribution < -0.4 is 0 Å². The quantitative estimate of drug-likeness (QED) is 0.402. The molecule has 0 aromatic carbocycles. The fraction of sp³-hybridized carbons (Fsp3) is 0.923. The highest BCUT2D eigenvalue weighted by Gasteiger charge is 2.69. The monoisotopic (exact) mass is 452 g/mol. The Bertz CT molecular complexity index is 709. The molecule has 180 valence electrons. The summed E-state index contributed by atoms with van der Waals surface area (Å²) >= 11 is 0. The molecule has 3 aliphatic carbocycles. The first-order valence-electron chi connectivity index (χ1n) is 12.4. The fourth-order valence-corrected chi connectivity index (χ4v) is 8.15. The molecule has 3 saturated carbocycles. The van der Waals surface area contributed by atoms with E-state index in [-0.39, 0.29) is 33.6 Å². The van der Waals surface area contributed by atoms with E-state index in [1.807, 2.05) is 0 Å². The van der Waals surface area contributed by atoms with Crippen molar-refractivity contribution >= 4 is 8.32 Å². The predicted octanol–water partition coefficient (Wildman–Crippen LogP) is 5.28. The summed E-state index contributed by atoms with van der Waals surface area (Å²) in [5.74, 6) is 0.665. The highest BCUT2D eigenvalue weighted by Crippen LogP contribution is 2.66. The number of aliphatic hydroxyl groups is 3. The second kappa shape index (κ2) is 7.94. The summed E-state index contributed by atoms with van der Waals surface area (Å²) in [7, 11) is -1.84. The predicted molar refractivity (Wildman–Crippen MR) is 129 cm³/mol. The second-order valence-corrected chi connectivity index (χ2v) is 18.1. The molecule has 0 spiro atoms. The van der Waals surface area contributed by atoms with E-state index >= 15 is 0 Å². The first kappa shape index (κ1) is 25.4. The van der Waals surface area contributed by atoms with Crippen LogP contribution >= 0.6 is 0 Å². The number of fused-ring (bicyclic) bond motifs is 3. The molecule has 7 atom stereocenters. The van der Waals surface area contributed by atoms with Gasteiger partial charge in [-0.2, -0.15) is 0 Å². The van der Waals surface area contributed by atoms with Crippen LogP contribution in [0.3, 0.4) is 0 Å². The van der Waals surface area contributed by atoms with E-state index in [9.17, 15) is 15.3 Å². The molecule has 0 unspecified atom stereocenters. The van der Waals surface area contributed by atoms with Crippen molar-refractivity contribution in [3.8, 4) is 0 Å². The van der Waals surface area contributed by atoms with Gasteiger partial charge in [-0.3, -0.25) is 0 Å². The van der Waals surface area contributed by atoms with Crippen LogP contribution in [0.1, 0.15) is 80.6 Å². The number of hydrogen-bond donors (Lipinski definition) is 3. The van der Waals surface area contributed by atoms with Crippen molar-refractivity contribution in [1.82, 2.24) is 0 Å². The van der Waals surface area contributed by atoms with Gasteiger partial charge in [0.05, 0.1) is 18.8 Å². The average molecular weight is 453 g/mol. The van der Waals surface area contributed by atoms with Gasteiger partial charge in [0.1, 0.15) is 5.60 Å². The van der Waals surface area contributed by atoms with Gasteiger partial charge in [0, 0.05) is 5.41 Å². The molecule has 0 bridgehead atoms. The maximum absolute atomic E-state index is 12.0. The third kappa shape index (κ3) is 3.80. The zero-order chi connectivity index (χ0) is 23.6. The molecular formula is C26H48O4Si. The Balaban J connectivity index is 1.86. The summed E-state index contributed by atoms with van der Waals surface area (Å²) < 4.78 is 6.36. The van der Waals surface area contributed by atoms with E-state index in [4.69, 9.17) is 4.43 Å². The molecule has 0 aliphatic heterocycles. The number of aliphatic hydroxyl groups excluding tert-OH is 2. The van der Waals surface area contributed by atoms with Crippen molar-refractivity contribution in [1.29, 1.82) is 0 Å². The van der Waals surface area contributed by atoms with E-state index < -0.39 is 26.1 Å². The van der Waals surface area contributed by atoms with E-state index in [1.165, 1.54) is 0 Å². The molecule has 4 nitrogen and oxygen atoms in total. The minimum Gasteiger partial charge on any atom is -0.413 e. The van der Waals surface area contributed by atoms with Crippen LogP contribution in [0.2, 0.25) is 18.1 Å². The molecule has 5 heteroatoms. The molecule has 0 aromatic heterocycles. The van der Waals surface area contributed by atoms with Crippen LogP contribution in [0, 0.1) is 28.6 Å². The van der Waals surface area contributed by atoms with Crippen LogP contribution in [-0.2, 0) is 4.43 Å². The van der Waals surface area contributed by atoms with Crippen LogP contribution in [0.15, 0.2) is 11.6 Å². The molecule has 0 heterocycles. The molecule has 0 saturated heterocycles. The van der Waals surface area contributed by atoms with E-state index in [2.05, 4.69) is 67.6 Å². The van der Waals surface area contributed by atoms with Crippen molar-refractivity contribution < 1.29 is 19.7 Å². The molecule has 0 radical (unpaired) electrons. The van der Waals surface area contributed by atoms with E-state index in [0.29, 0.717) is 19.4 Å². The van der Waals surface area contributed by atoms with Gasteiger partial charge in [-0.15, -0.1) is 0 Å². The van der Waals surface area contributed by atoms with Crippen LogP contribution in [0.25, 0.3) is 0 Å². The lowest BCUT2D eigenvalue weighted by Gasteiger charge is -2.68. The summed E-state index contributed by atoms with van der Waals surface area (Å²) in [6.45, 7) is 20.4. The Labute approximate surface area is 191 Å². The van der Waals surface area contributed by atoms with Gasteiger partial charge in [0.2, 0.25) is 0 Å². The standard InChI is InChI=1S/C26H48O4Si/c1-17-18(11-14-30-31(8,9)23(2,3)4)21(27)16-20-19(17)15-22(28)26(29)24(5,6)12-10-13-25(20,26)7/h11,17,19-22,27-29H,10,12-16H2,1-9H3/b18-11-/t17-,19-,20-,21+,22+,25+,26+/m0/s1. The van der Waals surface area contributed by atoms with Crippen LogP contribution in [-0.4, -0.2) is 48.1 Å². The van der Waals surface area contributed by atoms with Gasteiger partial charge >= 0.3 is 0 Å².